The molecule has 1 saturated heterocycles. The largest absolute Gasteiger partial charge is 0.466 e. The smallest absolute Gasteiger partial charge is 0.330 e. The van der Waals surface area contributed by atoms with Crippen LogP contribution in [0, 0.1) is 0 Å². The third-order valence-electron chi connectivity index (χ3n) is 4.45. The topological polar surface area (TPSA) is 80.1 Å². The number of likely N-dealkylation sites (N-methyl/N-ethyl adjacent to an activating group) is 1. The highest BCUT2D eigenvalue weighted by atomic mass is 32.2. The molecule has 1 aliphatic heterocycles. The highest BCUT2D eigenvalue weighted by molar-refractivity contribution is 7.99. The van der Waals surface area contributed by atoms with Gasteiger partial charge < -0.3 is 19.0 Å². The molecule has 148 valence electrons. The first kappa shape index (κ1) is 20.0. The zero-order valence-electron chi connectivity index (χ0n) is 15.7. The molecule has 0 bridgehead atoms. The third kappa shape index (κ3) is 4.22. The molecule has 1 aliphatic rings. The number of furan rings is 1. The molecule has 2 aromatic rings. The van der Waals surface area contributed by atoms with Crippen molar-refractivity contribution in [1.29, 1.82) is 0 Å². The minimum Gasteiger partial charge on any atom is -0.466 e. The van der Waals surface area contributed by atoms with Crippen molar-refractivity contribution in [2.45, 2.75) is 25.3 Å². The van der Waals surface area contributed by atoms with E-state index in [4.69, 9.17) is 9.15 Å². The SMILES string of the molecule is CCN(C(=O)COC(=O)[C@H]1CS[C@@H](c2ccco2)N1C(C)=O)c1ccccc1. The molecule has 1 aromatic carbocycles. The van der Waals surface area contributed by atoms with Crippen LogP contribution in [0.1, 0.15) is 25.0 Å². The maximum Gasteiger partial charge on any atom is 0.330 e. The van der Waals surface area contributed by atoms with E-state index in [1.807, 2.05) is 37.3 Å². The summed E-state index contributed by atoms with van der Waals surface area (Å²) in [5, 5.41) is -0.378. The Kier molecular flexibility index (Phi) is 6.41. The van der Waals surface area contributed by atoms with Crippen molar-refractivity contribution in [3.63, 3.8) is 0 Å². The maximum atomic E-state index is 12.6. The number of ether oxygens (including phenoxy) is 1. The minimum absolute atomic E-state index is 0.251. The van der Waals surface area contributed by atoms with Gasteiger partial charge in [-0.3, -0.25) is 9.59 Å². The number of hydrogen-bond acceptors (Lipinski definition) is 6. The molecule has 1 fully saturated rings. The number of benzene rings is 1. The first-order valence-corrected chi connectivity index (χ1v) is 10.0. The van der Waals surface area contributed by atoms with Crippen LogP contribution in [-0.4, -0.2) is 47.6 Å². The van der Waals surface area contributed by atoms with E-state index in [1.165, 1.54) is 29.8 Å². The van der Waals surface area contributed by atoms with E-state index in [9.17, 15) is 14.4 Å². The van der Waals surface area contributed by atoms with Gasteiger partial charge in [0, 0.05) is 24.9 Å². The molecule has 28 heavy (non-hydrogen) atoms. The second-order valence-corrected chi connectivity index (χ2v) is 7.34. The lowest BCUT2D eigenvalue weighted by molar-refractivity contribution is -0.155. The summed E-state index contributed by atoms with van der Waals surface area (Å²) in [6, 6.07) is 11.9. The molecule has 8 heteroatoms. The van der Waals surface area contributed by atoms with Gasteiger partial charge in [0.2, 0.25) is 5.91 Å². The lowest BCUT2D eigenvalue weighted by Gasteiger charge is -2.26. The Hall–Kier alpha value is -2.74. The second-order valence-electron chi connectivity index (χ2n) is 6.22. The van der Waals surface area contributed by atoms with Gasteiger partial charge in [0.15, 0.2) is 6.61 Å². The van der Waals surface area contributed by atoms with E-state index in [0.29, 0.717) is 18.1 Å². The predicted octanol–water partition coefficient (Wildman–Crippen LogP) is 2.84. The van der Waals surface area contributed by atoms with Crippen molar-refractivity contribution in [3.05, 3.63) is 54.5 Å². The lowest BCUT2D eigenvalue weighted by Crippen LogP contribution is -2.44. The average molecular weight is 402 g/mol. The molecular weight excluding hydrogens is 380 g/mol. The average Bonchev–Trinajstić information content (AvgIpc) is 3.36. The lowest BCUT2D eigenvalue weighted by atomic mass is 10.2. The zero-order valence-corrected chi connectivity index (χ0v) is 16.6. The first-order chi connectivity index (χ1) is 13.5. The van der Waals surface area contributed by atoms with Crippen LogP contribution in [0.2, 0.25) is 0 Å². The molecule has 0 aliphatic carbocycles. The number of thioether (sulfide) groups is 1. The Morgan fingerprint density at radius 2 is 1.96 bits per heavy atom. The molecule has 0 spiro atoms. The number of carbonyl (C=O) groups is 3. The number of hydrogen-bond donors (Lipinski definition) is 0. The molecule has 1 aromatic heterocycles. The van der Waals surface area contributed by atoms with E-state index in [1.54, 1.807) is 17.0 Å². The Labute approximate surface area is 167 Å². The second kappa shape index (κ2) is 8.97. The fourth-order valence-electron chi connectivity index (χ4n) is 3.14. The van der Waals surface area contributed by atoms with Crippen LogP contribution < -0.4 is 4.90 Å². The van der Waals surface area contributed by atoms with Crippen LogP contribution in [0.25, 0.3) is 0 Å². The first-order valence-electron chi connectivity index (χ1n) is 8.99. The molecular formula is C20H22N2O5S. The van der Waals surface area contributed by atoms with Gasteiger partial charge >= 0.3 is 5.97 Å². The number of esters is 1. The number of nitrogens with zero attached hydrogens (tertiary/aromatic N) is 2. The number of para-hydroxylation sites is 1. The standard InChI is InChI=1S/C20H22N2O5S/c1-3-21(15-8-5-4-6-9-15)18(24)12-27-20(25)16-13-28-19(22(16)14(2)23)17-10-7-11-26-17/h4-11,16,19H,3,12-13H2,1-2H3/t16-,19+/m1/s1. The van der Waals surface area contributed by atoms with Crippen molar-refractivity contribution in [2.75, 3.05) is 23.8 Å². The molecule has 7 nitrogen and oxygen atoms in total. The molecule has 0 N–H and O–H groups in total. The normalized spacial score (nSPS) is 18.7. The quantitative estimate of drug-likeness (QED) is 0.692. The van der Waals surface area contributed by atoms with Gasteiger partial charge in [0.1, 0.15) is 17.2 Å². The van der Waals surface area contributed by atoms with Gasteiger partial charge in [0.05, 0.1) is 6.26 Å². The van der Waals surface area contributed by atoms with Crippen LogP contribution in [-0.2, 0) is 19.1 Å². The maximum absolute atomic E-state index is 12.6. The van der Waals surface area contributed by atoms with Crippen LogP contribution in [0.5, 0.6) is 0 Å². The number of carbonyl (C=O) groups excluding carboxylic acids is 3. The molecule has 2 heterocycles. The van der Waals surface area contributed by atoms with Gasteiger partial charge in [-0.25, -0.2) is 4.79 Å². The van der Waals surface area contributed by atoms with Gasteiger partial charge in [-0.1, -0.05) is 18.2 Å². The fraction of sp³-hybridized carbons (Fsp3) is 0.350. The Morgan fingerprint density at radius 1 is 1.21 bits per heavy atom. The molecule has 2 atom stereocenters. The Morgan fingerprint density at radius 3 is 2.57 bits per heavy atom. The highest BCUT2D eigenvalue weighted by Crippen LogP contribution is 2.41. The third-order valence-corrected chi connectivity index (χ3v) is 5.73. The van der Waals surface area contributed by atoms with Crippen LogP contribution >= 0.6 is 11.8 Å². The van der Waals surface area contributed by atoms with Gasteiger partial charge in [-0.05, 0) is 31.2 Å². The van der Waals surface area contributed by atoms with Gasteiger partial charge in [-0.2, -0.15) is 0 Å². The molecule has 0 unspecified atom stereocenters. The summed E-state index contributed by atoms with van der Waals surface area (Å²) in [5.74, 6) is -0.167. The molecule has 0 radical (unpaired) electrons. The summed E-state index contributed by atoms with van der Waals surface area (Å²) in [4.78, 5) is 40.2. The number of amides is 2. The fourth-order valence-corrected chi connectivity index (χ4v) is 4.56. The summed E-state index contributed by atoms with van der Waals surface area (Å²) in [6.45, 7) is 3.34. The van der Waals surface area contributed by atoms with Crippen molar-refractivity contribution in [3.8, 4) is 0 Å². The van der Waals surface area contributed by atoms with Gasteiger partial charge in [-0.15, -0.1) is 11.8 Å². The van der Waals surface area contributed by atoms with Crippen molar-refractivity contribution in [1.82, 2.24) is 4.90 Å². The van der Waals surface area contributed by atoms with E-state index in [-0.39, 0.29) is 23.8 Å². The van der Waals surface area contributed by atoms with E-state index < -0.39 is 12.0 Å². The summed E-state index contributed by atoms with van der Waals surface area (Å²) in [6.07, 6.45) is 1.53. The van der Waals surface area contributed by atoms with Crippen molar-refractivity contribution in [2.24, 2.45) is 0 Å². The van der Waals surface area contributed by atoms with Crippen molar-refractivity contribution < 1.29 is 23.5 Å². The molecule has 3 rings (SSSR count). The van der Waals surface area contributed by atoms with Crippen LogP contribution in [0.4, 0.5) is 5.69 Å². The summed E-state index contributed by atoms with van der Waals surface area (Å²) >= 11 is 1.43. The Balaban J connectivity index is 1.64. The monoisotopic (exact) mass is 402 g/mol. The minimum atomic E-state index is -0.753. The van der Waals surface area contributed by atoms with Crippen molar-refractivity contribution >= 4 is 35.2 Å². The Bertz CT molecular complexity index is 824. The summed E-state index contributed by atoms with van der Waals surface area (Å²) < 4.78 is 10.7. The number of rotatable bonds is 6. The highest BCUT2D eigenvalue weighted by Gasteiger charge is 2.43. The van der Waals surface area contributed by atoms with Crippen LogP contribution in [0.15, 0.2) is 53.1 Å². The van der Waals surface area contributed by atoms with E-state index in [0.717, 1.165) is 5.69 Å². The summed E-state index contributed by atoms with van der Waals surface area (Å²) in [7, 11) is 0. The molecule has 0 saturated carbocycles. The summed E-state index contributed by atoms with van der Waals surface area (Å²) in [5.41, 5.74) is 0.741. The van der Waals surface area contributed by atoms with Gasteiger partial charge in [0.25, 0.3) is 5.91 Å². The zero-order chi connectivity index (χ0) is 20.1. The van der Waals surface area contributed by atoms with E-state index >= 15 is 0 Å². The molecule has 2 amide bonds. The predicted molar refractivity (Wildman–Crippen MR) is 106 cm³/mol. The van der Waals surface area contributed by atoms with E-state index in [2.05, 4.69) is 0 Å². The van der Waals surface area contributed by atoms with Crippen LogP contribution in [0.3, 0.4) is 0 Å². The number of anilines is 1.